The van der Waals surface area contributed by atoms with Crippen LogP contribution in [0.4, 0.5) is 4.39 Å². The maximum atomic E-state index is 12.9. The van der Waals surface area contributed by atoms with Gasteiger partial charge in [0, 0.05) is 18.8 Å². The predicted octanol–water partition coefficient (Wildman–Crippen LogP) is 3.50. The normalized spacial score (nSPS) is 12.3. The molecule has 0 saturated heterocycles. The highest BCUT2D eigenvalue weighted by molar-refractivity contribution is 5.20. The minimum Gasteiger partial charge on any atom is -0.308 e. The first-order valence-corrected chi connectivity index (χ1v) is 7.09. The number of hydrogen-bond donors (Lipinski definition) is 1. The third kappa shape index (κ3) is 4.14. The summed E-state index contributed by atoms with van der Waals surface area (Å²) in [5, 5.41) is 3.48. The summed E-state index contributed by atoms with van der Waals surface area (Å²) in [5.41, 5.74) is 3.54. The fourth-order valence-corrected chi connectivity index (χ4v) is 2.27. The number of nitrogens with one attached hydrogen (secondary N) is 1. The second-order valence-electron chi connectivity index (χ2n) is 5.08. The van der Waals surface area contributed by atoms with Gasteiger partial charge in [0.1, 0.15) is 5.82 Å². The first-order chi connectivity index (χ1) is 9.69. The number of nitrogens with zero attached hydrogens (tertiary/aromatic N) is 1. The van der Waals surface area contributed by atoms with E-state index in [1.165, 1.54) is 17.7 Å². The Balaban J connectivity index is 1.88. The van der Waals surface area contributed by atoms with E-state index in [2.05, 4.69) is 30.2 Å². The Bertz CT molecular complexity index is 537. The molecule has 0 saturated carbocycles. The summed E-state index contributed by atoms with van der Waals surface area (Å²) in [6, 6.07) is 11.1. The van der Waals surface area contributed by atoms with Crippen LogP contribution in [0.3, 0.4) is 0 Å². The van der Waals surface area contributed by atoms with Crippen LogP contribution in [-0.4, -0.2) is 11.0 Å². The topological polar surface area (TPSA) is 24.9 Å². The van der Waals surface area contributed by atoms with Crippen molar-refractivity contribution in [2.45, 2.75) is 39.3 Å². The van der Waals surface area contributed by atoms with Gasteiger partial charge in [-0.25, -0.2) is 4.39 Å². The lowest BCUT2D eigenvalue weighted by Gasteiger charge is -2.15. The molecule has 0 radical (unpaired) electrons. The summed E-state index contributed by atoms with van der Waals surface area (Å²) in [5.74, 6) is -0.185. The maximum absolute atomic E-state index is 12.9. The Morgan fingerprint density at radius 1 is 1.20 bits per heavy atom. The lowest BCUT2D eigenvalue weighted by molar-refractivity contribution is 0.537. The molecular formula is C17H21FN2. The van der Waals surface area contributed by atoms with E-state index < -0.39 is 0 Å². The molecule has 0 aliphatic carbocycles. The molecule has 1 aromatic heterocycles. The van der Waals surface area contributed by atoms with E-state index in [1.807, 2.05) is 24.4 Å². The Morgan fingerprint density at radius 3 is 2.65 bits per heavy atom. The fraction of sp³-hybridized carbons (Fsp3) is 0.353. The van der Waals surface area contributed by atoms with Crippen molar-refractivity contribution in [3.8, 4) is 0 Å². The lowest BCUT2D eigenvalue weighted by Crippen LogP contribution is -2.28. The first kappa shape index (κ1) is 14.7. The van der Waals surface area contributed by atoms with E-state index in [4.69, 9.17) is 0 Å². The molecule has 0 aliphatic heterocycles. The number of aryl methyl sites for hydroxylation is 1. The van der Waals surface area contributed by atoms with Gasteiger partial charge in [0.15, 0.2) is 0 Å². The largest absolute Gasteiger partial charge is 0.308 e. The van der Waals surface area contributed by atoms with Gasteiger partial charge in [-0.15, -0.1) is 0 Å². The third-order valence-electron chi connectivity index (χ3n) is 3.44. The van der Waals surface area contributed by atoms with Gasteiger partial charge in [-0.2, -0.15) is 0 Å². The van der Waals surface area contributed by atoms with E-state index >= 15 is 0 Å². The van der Waals surface area contributed by atoms with Crippen molar-refractivity contribution in [3.05, 3.63) is 65.2 Å². The highest BCUT2D eigenvalue weighted by Crippen LogP contribution is 2.08. The van der Waals surface area contributed by atoms with Crippen molar-refractivity contribution < 1.29 is 4.39 Å². The zero-order chi connectivity index (χ0) is 14.4. The summed E-state index contributed by atoms with van der Waals surface area (Å²) in [4.78, 5) is 4.43. The average molecular weight is 272 g/mol. The van der Waals surface area contributed by atoms with Crippen LogP contribution >= 0.6 is 0 Å². The lowest BCUT2D eigenvalue weighted by atomic mass is 10.1. The summed E-state index contributed by atoms with van der Waals surface area (Å²) >= 11 is 0. The number of pyridine rings is 1. The Kier molecular flexibility index (Phi) is 5.24. The van der Waals surface area contributed by atoms with Gasteiger partial charge in [0.05, 0.1) is 5.69 Å². The first-order valence-electron chi connectivity index (χ1n) is 7.09. The standard InChI is InChI=1S/C17H21FN2/c1-3-15-5-4-10-19-17(15)12-20-13(2)11-14-6-8-16(18)9-7-14/h4-10,13,20H,3,11-12H2,1-2H3. The quantitative estimate of drug-likeness (QED) is 0.870. The average Bonchev–Trinajstić information content (AvgIpc) is 2.48. The van der Waals surface area contributed by atoms with Gasteiger partial charge < -0.3 is 5.32 Å². The van der Waals surface area contributed by atoms with Gasteiger partial charge in [-0.05, 0) is 49.1 Å². The SMILES string of the molecule is CCc1cccnc1CNC(C)Cc1ccc(F)cc1. The number of benzene rings is 1. The maximum Gasteiger partial charge on any atom is 0.123 e. The molecule has 1 unspecified atom stereocenters. The second kappa shape index (κ2) is 7.15. The van der Waals surface area contributed by atoms with Crippen molar-refractivity contribution in [3.63, 3.8) is 0 Å². The van der Waals surface area contributed by atoms with Gasteiger partial charge in [0.25, 0.3) is 0 Å². The monoisotopic (exact) mass is 272 g/mol. The van der Waals surface area contributed by atoms with Crippen molar-refractivity contribution in [2.24, 2.45) is 0 Å². The van der Waals surface area contributed by atoms with Gasteiger partial charge in [0.2, 0.25) is 0 Å². The van der Waals surface area contributed by atoms with E-state index in [0.29, 0.717) is 6.04 Å². The van der Waals surface area contributed by atoms with E-state index in [-0.39, 0.29) is 5.82 Å². The van der Waals surface area contributed by atoms with Gasteiger partial charge in [-0.1, -0.05) is 25.1 Å². The smallest absolute Gasteiger partial charge is 0.123 e. The van der Waals surface area contributed by atoms with E-state index in [9.17, 15) is 4.39 Å². The number of rotatable bonds is 6. The molecule has 2 nitrogen and oxygen atoms in total. The van der Waals surface area contributed by atoms with Gasteiger partial charge >= 0.3 is 0 Å². The molecule has 0 amide bonds. The van der Waals surface area contributed by atoms with E-state index in [0.717, 1.165) is 30.6 Å². The van der Waals surface area contributed by atoms with Crippen LogP contribution in [0.2, 0.25) is 0 Å². The molecule has 3 heteroatoms. The highest BCUT2D eigenvalue weighted by Gasteiger charge is 2.06. The Hall–Kier alpha value is -1.74. The Labute approximate surface area is 120 Å². The molecule has 2 rings (SSSR count). The predicted molar refractivity (Wildman–Crippen MR) is 80.0 cm³/mol. The summed E-state index contributed by atoms with van der Waals surface area (Å²) < 4.78 is 12.9. The van der Waals surface area contributed by atoms with Crippen LogP contribution < -0.4 is 5.32 Å². The third-order valence-corrected chi connectivity index (χ3v) is 3.44. The molecule has 0 aliphatic rings. The van der Waals surface area contributed by atoms with Crippen LogP contribution in [0.25, 0.3) is 0 Å². The number of halogens is 1. The Morgan fingerprint density at radius 2 is 1.95 bits per heavy atom. The summed E-state index contributed by atoms with van der Waals surface area (Å²) in [6.07, 6.45) is 3.71. The van der Waals surface area contributed by atoms with Crippen molar-refractivity contribution in [1.82, 2.24) is 10.3 Å². The van der Waals surface area contributed by atoms with Crippen LogP contribution in [-0.2, 0) is 19.4 Å². The summed E-state index contributed by atoms with van der Waals surface area (Å²) in [6.45, 7) is 5.05. The van der Waals surface area contributed by atoms with Gasteiger partial charge in [-0.3, -0.25) is 4.98 Å². The van der Waals surface area contributed by atoms with Crippen LogP contribution in [0.1, 0.15) is 30.7 Å². The molecule has 1 atom stereocenters. The second-order valence-corrected chi connectivity index (χ2v) is 5.08. The van der Waals surface area contributed by atoms with Crippen molar-refractivity contribution >= 4 is 0 Å². The van der Waals surface area contributed by atoms with Crippen LogP contribution in [0.15, 0.2) is 42.6 Å². The summed E-state index contributed by atoms with van der Waals surface area (Å²) in [7, 11) is 0. The van der Waals surface area contributed by atoms with Crippen molar-refractivity contribution in [1.29, 1.82) is 0 Å². The molecule has 2 aromatic rings. The minimum atomic E-state index is -0.185. The molecule has 106 valence electrons. The molecule has 1 heterocycles. The zero-order valence-electron chi connectivity index (χ0n) is 12.1. The van der Waals surface area contributed by atoms with Crippen molar-refractivity contribution in [2.75, 3.05) is 0 Å². The molecular weight excluding hydrogens is 251 g/mol. The molecule has 0 fully saturated rings. The molecule has 20 heavy (non-hydrogen) atoms. The number of hydrogen-bond acceptors (Lipinski definition) is 2. The molecule has 1 N–H and O–H groups in total. The minimum absolute atomic E-state index is 0.185. The molecule has 0 spiro atoms. The molecule has 0 bridgehead atoms. The van der Waals surface area contributed by atoms with E-state index in [1.54, 1.807) is 0 Å². The van der Waals surface area contributed by atoms with Crippen LogP contribution in [0, 0.1) is 5.82 Å². The number of aromatic nitrogens is 1. The van der Waals surface area contributed by atoms with Crippen LogP contribution in [0.5, 0.6) is 0 Å². The fourth-order valence-electron chi connectivity index (χ4n) is 2.27. The molecule has 1 aromatic carbocycles. The zero-order valence-corrected chi connectivity index (χ0v) is 12.1. The highest BCUT2D eigenvalue weighted by atomic mass is 19.1.